The lowest BCUT2D eigenvalue weighted by Crippen LogP contribution is -2.19. The maximum absolute atomic E-state index is 11.1. The Morgan fingerprint density at radius 2 is 1.84 bits per heavy atom. The van der Waals surface area contributed by atoms with Gasteiger partial charge in [0.05, 0.1) is 18.5 Å². The Hall–Kier alpha value is -2.17. The van der Waals surface area contributed by atoms with E-state index in [1.54, 1.807) is 11.8 Å². The Morgan fingerprint density at radius 3 is 2.32 bits per heavy atom. The highest BCUT2D eigenvalue weighted by Crippen LogP contribution is 2.26. The zero-order valence-electron chi connectivity index (χ0n) is 11.5. The topological polar surface area (TPSA) is 57.0 Å². The van der Waals surface area contributed by atoms with Gasteiger partial charge in [0.1, 0.15) is 11.4 Å². The van der Waals surface area contributed by atoms with Crippen molar-refractivity contribution in [2.24, 2.45) is 0 Å². The second kappa shape index (κ2) is 4.84. The Bertz CT molecular complexity index is 580. The van der Waals surface area contributed by atoms with Crippen molar-refractivity contribution < 1.29 is 9.53 Å². The largest absolute Gasteiger partial charge is 0.497 e. The van der Waals surface area contributed by atoms with Gasteiger partial charge in [0, 0.05) is 5.41 Å². The molecule has 100 valence electrons. The molecular weight excluding hydrogens is 242 g/mol. The zero-order chi connectivity index (χ0) is 14.0. The summed E-state index contributed by atoms with van der Waals surface area (Å²) in [6.45, 7) is 6.08. The van der Waals surface area contributed by atoms with Gasteiger partial charge in [-0.15, -0.1) is 5.10 Å². The molecule has 0 saturated carbocycles. The van der Waals surface area contributed by atoms with Crippen LogP contribution in [0.25, 0.3) is 5.69 Å². The van der Waals surface area contributed by atoms with Crippen molar-refractivity contribution in [2.75, 3.05) is 7.11 Å². The second-order valence-electron chi connectivity index (χ2n) is 5.30. The number of benzene rings is 1. The number of carbonyl (C=O) groups is 1. The summed E-state index contributed by atoms with van der Waals surface area (Å²) >= 11 is 0. The predicted molar refractivity (Wildman–Crippen MR) is 72.0 cm³/mol. The molecule has 19 heavy (non-hydrogen) atoms. The summed E-state index contributed by atoms with van der Waals surface area (Å²) in [5.41, 5.74) is 1.81. The Balaban J connectivity index is 2.55. The molecule has 0 radical (unpaired) electrons. The summed E-state index contributed by atoms with van der Waals surface area (Å²) in [6, 6.07) is 7.47. The lowest BCUT2D eigenvalue weighted by Gasteiger charge is -2.20. The van der Waals surface area contributed by atoms with E-state index in [-0.39, 0.29) is 5.41 Å². The van der Waals surface area contributed by atoms with Gasteiger partial charge < -0.3 is 4.74 Å². The number of rotatable bonds is 3. The maximum Gasteiger partial charge on any atom is 0.172 e. The summed E-state index contributed by atoms with van der Waals surface area (Å²) in [4.78, 5) is 11.1. The standard InChI is InChI=1S/C14H17N3O2/c1-14(2,3)13-12(9-18)15-16-17(13)10-5-7-11(19-4)8-6-10/h5-9H,1-4H3. The summed E-state index contributed by atoms with van der Waals surface area (Å²) < 4.78 is 6.83. The normalized spacial score (nSPS) is 11.4. The first-order chi connectivity index (χ1) is 8.97. The Labute approximate surface area is 112 Å². The highest BCUT2D eigenvalue weighted by Gasteiger charge is 2.25. The molecule has 0 aliphatic heterocycles. The van der Waals surface area contributed by atoms with Crippen LogP contribution in [0.2, 0.25) is 0 Å². The number of hydrogen-bond donors (Lipinski definition) is 0. The van der Waals surface area contributed by atoms with Crippen LogP contribution in [0, 0.1) is 0 Å². The van der Waals surface area contributed by atoms with Gasteiger partial charge in [-0.25, -0.2) is 4.68 Å². The number of aldehydes is 1. The van der Waals surface area contributed by atoms with Crippen LogP contribution in [0.5, 0.6) is 5.75 Å². The molecule has 5 nitrogen and oxygen atoms in total. The molecule has 5 heteroatoms. The van der Waals surface area contributed by atoms with Gasteiger partial charge in [-0.1, -0.05) is 26.0 Å². The average molecular weight is 259 g/mol. The number of carbonyl (C=O) groups excluding carboxylic acids is 1. The fourth-order valence-electron chi connectivity index (χ4n) is 1.98. The van der Waals surface area contributed by atoms with Crippen molar-refractivity contribution in [1.82, 2.24) is 15.0 Å². The first kappa shape index (κ1) is 13.3. The summed E-state index contributed by atoms with van der Waals surface area (Å²) in [5, 5.41) is 8.01. The first-order valence-electron chi connectivity index (χ1n) is 6.03. The SMILES string of the molecule is COc1ccc(-n2nnc(C=O)c2C(C)(C)C)cc1. The number of nitrogens with zero attached hydrogens (tertiary/aromatic N) is 3. The zero-order valence-corrected chi connectivity index (χ0v) is 11.5. The molecule has 0 amide bonds. The lowest BCUT2D eigenvalue weighted by atomic mass is 9.90. The molecule has 0 spiro atoms. The van der Waals surface area contributed by atoms with E-state index in [1.165, 1.54) is 0 Å². The summed E-state index contributed by atoms with van der Waals surface area (Å²) in [5.74, 6) is 0.775. The second-order valence-corrected chi connectivity index (χ2v) is 5.30. The number of ether oxygens (including phenoxy) is 1. The van der Waals surface area contributed by atoms with E-state index in [0.29, 0.717) is 5.69 Å². The van der Waals surface area contributed by atoms with Gasteiger partial charge in [0.15, 0.2) is 6.29 Å². The molecule has 2 aromatic rings. The van der Waals surface area contributed by atoms with E-state index in [0.717, 1.165) is 23.4 Å². The van der Waals surface area contributed by atoms with Crippen LogP contribution >= 0.6 is 0 Å². The number of methoxy groups -OCH3 is 1. The van der Waals surface area contributed by atoms with Crippen molar-refractivity contribution in [3.8, 4) is 11.4 Å². The van der Waals surface area contributed by atoms with Crippen molar-refractivity contribution in [3.05, 3.63) is 35.7 Å². The molecule has 0 fully saturated rings. The minimum absolute atomic E-state index is 0.223. The van der Waals surface area contributed by atoms with Crippen molar-refractivity contribution in [1.29, 1.82) is 0 Å². The van der Waals surface area contributed by atoms with Gasteiger partial charge in [0.2, 0.25) is 0 Å². The molecule has 0 aliphatic rings. The molecule has 0 aliphatic carbocycles. The van der Waals surface area contributed by atoms with E-state index < -0.39 is 0 Å². The molecule has 0 saturated heterocycles. The van der Waals surface area contributed by atoms with E-state index in [4.69, 9.17) is 4.74 Å². The third kappa shape index (κ3) is 2.50. The quantitative estimate of drug-likeness (QED) is 0.794. The summed E-state index contributed by atoms with van der Waals surface area (Å²) in [7, 11) is 1.62. The van der Waals surface area contributed by atoms with Crippen LogP contribution in [0.15, 0.2) is 24.3 Å². The summed E-state index contributed by atoms with van der Waals surface area (Å²) in [6.07, 6.45) is 0.744. The van der Waals surface area contributed by atoms with Crippen molar-refractivity contribution in [2.45, 2.75) is 26.2 Å². The third-order valence-electron chi connectivity index (χ3n) is 2.84. The van der Waals surface area contributed by atoms with E-state index in [9.17, 15) is 4.79 Å². The molecular formula is C14H17N3O2. The smallest absolute Gasteiger partial charge is 0.172 e. The van der Waals surface area contributed by atoms with E-state index in [1.807, 2.05) is 45.0 Å². The molecule has 0 unspecified atom stereocenters. The third-order valence-corrected chi connectivity index (χ3v) is 2.84. The van der Waals surface area contributed by atoms with Gasteiger partial charge in [-0.05, 0) is 24.3 Å². The predicted octanol–water partition coefficient (Wildman–Crippen LogP) is 2.39. The van der Waals surface area contributed by atoms with Crippen LogP contribution in [0.4, 0.5) is 0 Å². The van der Waals surface area contributed by atoms with Crippen molar-refractivity contribution in [3.63, 3.8) is 0 Å². The number of hydrogen-bond acceptors (Lipinski definition) is 4. The molecule has 1 heterocycles. The minimum Gasteiger partial charge on any atom is -0.497 e. The molecule has 0 bridgehead atoms. The van der Waals surface area contributed by atoms with E-state index >= 15 is 0 Å². The molecule has 0 N–H and O–H groups in total. The lowest BCUT2D eigenvalue weighted by molar-refractivity contribution is 0.111. The van der Waals surface area contributed by atoms with Gasteiger partial charge in [-0.2, -0.15) is 0 Å². The molecule has 0 atom stereocenters. The Kier molecular flexibility index (Phi) is 3.38. The van der Waals surface area contributed by atoms with Crippen LogP contribution in [0.1, 0.15) is 37.0 Å². The molecule has 2 rings (SSSR count). The fraction of sp³-hybridized carbons (Fsp3) is 0.357. The Morgan fingerprint density at radius 1 is 1.21 bits per heavy atom. The highest BCUT2D eigenvalue weighted by molar-refractivity contribution is 5.74. The fourth-order valence-corrected chi connectivity index (χ4v) is 1.98. The van der Waals surface area contributed by atoms with Gasteiger partial charge in [-0.3, -0.25) is 4.79 Å². The average Bonchev–Trinajstić information content (AvgIpc) is 2.82. The highest BCUT2D eigenvalue weighted by atomic mass is 16.5. The van der Waals surface area contributed by atoms with Gasteiger partial charge >= 0.3 is 0 Å². The minimum atomic E-state index is -0.223. The molecule has 1 aromatic carbocycles. The van der Waals surface area contributed by atoms with Gasteiger partial charge in [0.25, 0.3) is 0 Å². The van der Waals surface area contributed by atoms with Crippen LogP contribution in [0.3, 0.4) is 0 Å². The maximum atomic E-state index is 11.1. The van der Waals surface area contributed by atoms with Crippen LogP contribution in [-0.2, 0) is 5.41 Å². The van der Waals surface area contributed by atoms with Crippen LogP contribution < -0.4 is 4.74 Å². The molecule has 1 aromatic heterocycles. The van der Waals surface area contributed by atoms with Crippen molar-refractivity contribution >= 4 is 6.29 Å². The number of aromatic nitrogens is 3. The first-order valence-corrected chi connectivity index (χ1v) is 6.03. The van der Waals surface area contributed by atoms with E-state index in [2.05, 4.69) is 10.3 Å². The van der Waals surface area contributed by atoms with Crippen LogP contribution in [-0.4, -0.2) is 28.4 Å². The monoisotopic (exact) mass is 259 g/mol.